The van der Waals surface area contributed by atoms with Gasteiger partial charge in [0.25, 0.3) is 0 Å². The van der Waals surface area contributed by atoms with E-state index in [1.807, 2.05) is 30.2 Å². The summed E-state index contributed by atoms with van der Waals surface area (Å²) in [6.07, 6.45) is 5.65. The van der Waals surface area contributed by atoms with Crippen LogP contribution in [0.25, 0.3) is 0 Å². The van der Waals surface area contributed by atoms with Crippen molar-refractivity contribution in [2.75, 3.05) is 0 Å². The van der Waals surface area contributed by atoms with Crippen LogP contribution in [0, 0.1) is 6.92 Å². The Morgan fingerprint density at radius 2 is 2.33 bits per heavy atom. The molecule has 1 atom stereocenters. The Morgan fingerprint density at radius 1 is 1.53 bits per heavy atom. The highest BCUT2D eigenvalue weighted by Gasteiger charge is 2.13. The molecule has 0 bridgehead atoms. The van der Waals surface area contributed by atoms with Crippen LogP contribution in [0.1, 0.15) is 28.4 Å². The van der Waals surface area contributed by atoms with E-state index in [1.54, 1.807) is 11.3 Å². The van der Waals surface area contributed by atoms with Crippen LogP contribution in [0.15, 0.2) is 18.6 Å². The molecule has 0 aliphatic heterocycles. The van der Waals surface area contributed by atoms with Crippen molar-refractivity contribution in [1.82, 2.24) is 14.8 Å². The van der Waals surface area contributed by atoms with Gasteiger partial charge in [-0.25, -0.2) is 4.98 Å². The molecule has 2 rings (SSSR count). The number of aromatic nitrogens is 3. The van der Waals surface area contributed by atoms with Crippen LogP contribution in [0.5, 0.6) is 0 Å². The summed E-state index contributed by atoms with van der Waals surface area (Å²) in [5.41, 5.74) is 7.16. The van der Waals surface area contributed by atoms with E-state index in [2.05, 4.69) is 17.0 Å². The normalized spacial score (nSPS) is 13.0. The molecule has 0 fully saturated rings. The van der Waals surface area contributed by atoms with E-state index in [1.165, 1.54) is 0 Å². The summed E-state index contributed by atoms with van der Waals surface area (Å²) < 4.78 is 1.88. The molecule has 80 valence electrons. The van der Waals surface area contributed by atoms with Gasteiger partial charge in [-0.05, 0) is 13.8 Å². The minimum absolute atomic E-state index is 0.100. The van der Waals surface area contributed by atoms with Crippen molar-refractivity contribution in [3.63, 3.8) is 0 Å². The third-order valence-corrected chi connectivity index (χ3v) is 3.28. The van der Waals surface area contributed by atoms with Gasteiger partial charge in [0.15, 0.2) is 0 Å². The molecule has 1 unspecified atom stereocenters. The number of hydrogen-bond donors (Lipinski definition) is 1. The Kier molecular flexibility index (Phi) is 2.83. The molecule has 0 aromatic carbocycles. The molecule has 0 amide bonds. The summed E-state index contributed by atoms with van der Waals surface area (Å²) in [5, 5.41) is 5.25. The quantitative estimate of drug-likeness (QED) is 0.860. The van der Waals surface area contributed by atoms with Crippen LogP contribution in [0.3, 0.4) is 0 Å². The van der Waals surface area contributed by atoms with Gasteiger partial charge in [-0.3, -0.25) is 4.68 Å². The van der Waals surface area contributed by atoms with Crippen LogP contribution >= 0.6 is 11.3 Å². The van der Waals surface area contributed by atoms with Gasteiger partial charge in [0.05, 0.1) is 17.2 Å². The lowest BCUT2D eigenvalue weighted by molar-refractivity contribution is 0.658. The molecule has 2 aromatic rings. The molecule has 15 heavy (non-hydrogen) atoms. The molecular weight excluding hydrogens is 208 g/mol. The topological polar surface area (TPSA) is 56.7 Å². The van der Waals surface area contributed by atoms with Crippen LogP contribution < -0.4 is 5.73 Å². The van der Waals surface area contributed by atoms with Gasteiger partial charge in [-0.15, -0.1) is 11.3 Å². The fourth-order valence-corrected chi connectivity index (χ4v) is 2.21. The van der Waals surface area contributed by atoms with Crippen molar-refractivity contribution < 1.29 is 0 Å². The second-order valence-corrected chi connectivity index (χ2v) is 4.66. The number of thiazole rings is 1. The van der Waals surface area contributed by atoms with Gasteiger partial charge >= 0.3 is 0 Å². The van der Waals surface area contributed by atoms with Crippen LogP contribution in [0.2, 0.25) is 0 Å². The second-order valence-electron chi connectivity index (χ2n) is 3.39. The summed E-state index contributed by atoms with van der Waals surface area (Å²) in [5.74, 6) is 0. The number of nitrogens with two attached hydrogens (primary N) is 1. The lowest BCUT2D eigenvalue weighted by atomic mass is 10.1. The Hall–Kier alpha value is -1.20. The Morgan fingerprint density at radius 3 is 2.87 bits per heavy atom. The molecule has 0 saturated carbocycles. The van der Waals surface area contributed by atoms with Gasteiger partial charge < -0.3 is 5.73 Å². The average Bonchev–Trinajstić information content (AvgIpc) is 2.84. The first-order chi connectivity index (χ1) is 7.20. The molecule has 0 spiro atoms. The van der Waals surface area contributed by atoms with E-state index >= 15 is 0 Å². The van der Waals surface area contributed by atoms with Crippen molar-refractivity contribution in [2.45, 2.75) is 26.4 Å². The van der Waals surface area contributed by atoms with Crippen LogP contribution in [-0.2, 0) is 6.54 Å². The van der Waals surface area contributed by atoms with E-state index < -0.39 is 0 Å². The summed E-state index contributed by atoms with van der Waals surface area (Å²) in [7, 11) is 0. The standard InChI is InChI=1S/C10H14N4S/c1-3-14-6-8(4-13-14)10(11)9-5-12-7(2)15-9/h4-6,10H,3,11H2,1-2H3. The zero-order valence-corrected chi connectivity index (χ0v) is 9.66. The largest absolute Gasteiger partial charge is 0.319 e. The predicted molar refractivity (Wildman–Crippen MR) is 60.8 cm³/mol. The highest BCUT2D eigenvalue weighted by atomic mass is 32.1. The van der Waals surface area contributed by atoms with E-state index in [4.69, 9.17) is 5.73 Å². The molecule has 2 heterocycles. The maximum absolute atomic E-state index is 6.11. The highest BCUT2D eigenvalue weighted by molar-refractivity contribution is 7.11. The third-order valence-electron chi connectivity index (χ3n) is 2.28. The Labute approximate surface area is 92.8 Å². The summed E-state index contributed by atoms with van der Waals surface area (Å²) in [6, 6.07) is -0.100. The molecule has 2 aromatic heterocycles. The molecule has 5 heteroatoms. The molecule has 0 radical (unpaired) electrons. The van der Waals surface area contributed by atoms with Gasteiger partial charge in [0.1, 0.15) is 0 Å². The van der Waals surface area contributed by atoms with Gasteiger partial charge in [0.2, 0.25) is 0 Å². The average molecular weight is 222 g/mol. The predicted octanol–water partition coefficient (Wildman–Crippen LogP) is 1.72. The van der Waals surface area contributed by atoms with Gasteiger partial charge in [-0.2, -0.15) is 5.10 Å². The van der Waals surface area contributed by atoms with E-state index in [0.29, 0.717) is 0 Å². The van der Waals surface area contributed by atoms with Gasteiger partial charge in [0, 0.05) is 29.4 Å². The molecule has 0 aliphatic carbocycles. The van der Waals surface area contributed by atoms with Crippen molar-refractivity contribution in [2.24, 2.45) is 5.73 Å². The number of hydrogen-bond acceptors (Lipinski definition) is 4. The number of nitrogens with zero attached hydrogens (tertiary/aromatic N) is 3. The van der Waals surface area contributed by atoms with Crippen molar-refractivity contribution in [3.05, 3.63) is 34.0 Å². The first-order valence-electron chi connectivity index (χ1n) is 4.91. The summed E-state index contributed by atoms with van der Waals surface area (Å²) in [6.45, 7) is 4.91. The minimum Gasteiger partial charge on any atom is -0.319 e. The molecule has 0 aliphatic rings. The van der Waals surface area contributed by atoms with Crippen LogP contribution in [0.4, 0.5) is 0 Å². The fourth-order valence-electron chi connectivity index (χ4n) is 1.40. The summed E-state index contributed by atoms with van der Waals surface area (Å²) in [4.78, 5) is 5.29. The van der Waals surface area contributed by atoms with E-state index in [9.17, 15) is 0 Å². The van der Waals surface area contributed by atoms with Crippen molar-refractivity contribution in [1.29, 1.82) is 0 Å². The zero-order valence-electron chi connectivity index (χ0n) is 8.84. The highest BCUT2D eigenvalue weighted by Crippen LogP contribution is 2.24. The monoisotopic (exact) mass is 222 g/mol. The SMILES string of the molecule is CCn1cc(C(N)c2cnc(C)s2)cn1. The minimum atomic E-state index is -0.100. The lowest BCUT2D eigenvalue weighted by Crippen LogP contribution is -2.09. The first kappa shape index (κ1) is 10.3. The fraction of sp³-hybridized carbons (Fsp3) is 0.400. The van der Waals surface area contributed by atoms with E-state index in [0.717, 1.165) is 22.0 Å². The van der Waals surface area contributed by atoms with Gasteiger partial charge in [-0.1, -0.05) is 0 Å². The maximum atomic E-state index is 6.11. The number of rotatable bonds is 3. The molecule has 2 N–H and O–H groups in total. The molecule has 0 saturated heterocycles. The van der Waals surface area contributed by atoms with Crippen LogP contribution in [-0.4, -0.2) is 14.8 Å². The van der Waals surface area contributed by atoms with E-state index in [-0.39, 0.29) is 6.04 Å². The molecular formula is C10H14N4S. The summed E-state index contributed by atoms with van der Waals surface area (Å²) >= 11 is 1.63. The lowest BCUT2D eigenvalue weighted by Gasteiger charge is -2.04. The first-order valence-corrected chi connectivity index (χ1v) is 5.72. The zero-order chi connectivity index (χ0) is 10.8. The third kappa shape index (κ3) is 2.08. The molecule has 4 nitrogen and oxygen atoms in total. The smallest absolute Gasteiger partial charge is 0.0897 e. The Balaban J connectivity index is 2.23. The van der Waals surface area contributed by atoms with Crippen molar-refractivity contribution >= 4 is 11.3 Å². The maximum Gasteiger partial charge on any atom is 0.0897 e. The number of aryl methyl sites for hydroxylation is 2. The second kappa shape index (κ2) is 4.12. The Bertz CT molecular complexity index is 446. The van der Waals surface area contributed by atoms with Crippen molar-refractivity contribution in [3.8, 4) is 0 Å².